The molecular weight excluding hydrogens is 394 g/mol. The van der Waals surface area contributed by atoms with Crippen LogP contribution in [0.15, 0.2) is 59.5 Å². The van der Waals surface area contributed by atoms with Gasteiger partial charge in [-0.3, -0.25) is 14.2 Å². The molecule has 2 heterocycles. The highest BCUT2D eigenvalue weighted by atomic mass is 16.5. The number of carbonyl (C=O) groups is 1. The molecule has 0 fully saturated rings. The number of benzene rings is 1. The van der Waals surface area contributed by atoms with E-state index in [9.17, 15) is 14.7 Å². The van der Waals surface area contributed by atoms with E-state index >= 15 is 0 Å². The van der Waals surface area contributed by atoms with Crippen molar-refractivity contribution in [2.45, 2.75) is 32.8 Å². The Morgan fingerprint density at radius 1 is 1.19 bits per heavy atom. The Morgan fingerprint density at radius 2 is 1.94 bits per heavy atom. The number of carbonyl (C=O) groups excluding carboxylic acids is 1. The summed E-state index contributed by atoms with van der Waals surface area (Å²) in [6.07, 6.45) is 0.635. The minimum atomic E-state index is -1.03. The third-order valence-electron chi connectivity index (χ3n) is 5.09. The van der Waals surface area contributed by atoms with E-state index in [1.165, 1.54) is 11.7 Å². The van der Waals surface area contributed by atoms with Crippen LogP contribution in [0.5, 0.6) is 5.88 Å². The Hall–Kier alpha value is -3.45. The third-order valence-corrected chi connectivity index (χ3v) is 5.09. The molecule has 0 spiro atoms. The molecule has 162 valence electrons. The van der Waals surface area contributed by atoms with Crippen molar-refractivity contribution in [1.82, 2.24) is 14.9 Å². The number of methoxy groups -OCH3 is 1. The normalized spacial score (nSPS) is 11.9. The van der Waals surface area contributed by atoms with Crippen LogP contribution in [0, 0.1) is 6.92 Å². The second-order valence-electron chi connectivity index (χ2n) is 7.63. The molecular formula is C24H27N3O4. The minimum Gasteiger partial charge on any atom is -0.481 e. The van der Waals surface area contributed by atoms with Gasteiger partial charge in [-0.05, 0) is 48.2 Å². The molecule has 0 aliphatic carbocycles. The van der Waals surface area contributed by atoms with Crippen LogP contribution in [-0.2, 0) is 0 Å². The topological polar surface area (TPSA) is 93.5 Å². The number of aromatic nitrogens is 2. The van der Waals surface area contributed by atoms with Gasteiger partial charge in [0.15, 0.2) is 0 Å². The minimum absolute atomic E-state index is 0.0447. The molecule has 0 saturated heterocycles. The molecule has 0 radical (unpaired) electrons. The summed E-state index contributed by atoms with van der Waals surface area (Å²) in [6, 6.07) is 14.4. The van der Waals surface area contributed by atoms with Gasteiger partial charge in [0.05, 0.1) is 12.8 Å². The van der Waals surface area contributed by atoms with Gasteiger partial charge >= 0.3 is 0 Å². The van der Waals surface area contributed by atoms with Crippen molar-refractivity contribution < 1.29 is 14.6 Å². The number of hydrogen-bond acceptors (Lipinski definition) is 5. The van der Waals surface area contributed by atoms with Crippen LogP contribution < -0.4 is 15.6 Å². The van der Waals surface area contributed by atoms with Crippen molar-refractivity contribution >= 4 is 5.91 Å². The van der Waals surface area contributed by atoms with Gasteiger partial charge in [-0.2, -0.15) is 0 Å². The first-order valence-electron chi connectivity index (χ1n) is 10.1. The maximum Gasteiger partial charge on any atom is 0.268 e. The van der Waals surface area contributed by atoms with Gasteiger partial charge in [0.2, 0.25) is 5.88 Å². The molecule has 0 saturated carbocycles. The van der Waals surface area contributed by atoms with Crippen LogP contribution >= 0.6 is 0 Å². The van der Waals surface area contributed by atoms with E-state index in [0.717, 1.165) is 5.56 Å². The van der Waals surface area contributed by atoms with Gasteiger partial charge in [-0.15, -0.1) is 0 Å². The molecule has 3 aromatic rings. The smallest absolute Gasteiger partial charge is 0.268 e. The highest BCUT2D eigenvalue weighted by molar-refractivity contribution is 5.95. The molecule has 31 heavy (non-hydrogen) atoms. The van der Waals surface area contributed by atoms with E-state index in [1.807, 2.05) is 24.3 Å². The molecule has 1 amide bonds. The van der Waals surface area contributed by atoms with Gasteiger partial charge in [0.25, 0.3) is 11.5 Å². The lowest BCUT2D eigenvalue weighted by Crippen LogP contribution is -2.35. The van der Waals surface area contributed by atoms with Gasteiger partial charge in [-0.25, -0.2) is 4.98 Å². The number of aliphatic hydroxyl groups is 1. The summed E-state index contributed by atoms with van der Waals surface area (Å²) in [6.45, 7) is 5.79. The van der Waals surface area contributed by atoms with Crippen LogP contribution in [0.25, 0.3) is 5.69 Å². The summed E-state index contributed by atoms with van der Waals surface area (Å²) in [4.78, 5) is 30.1. The summed E-state index contributed by atoms with van der Waals surface area (Å²) in [5.41, 5.74) is 2.37. The Balaban J connectivity index is 1.84. The molecule has 0 aliphatic rings. The van der Waals surface area contributed by atoms with Crippen LogP contribution in [0.3, 0.4) is 0 Å². The lowest BCUT2D eigenvalue weighted by Gasteiger charge is -2.15. The van der Waals surface area contributed by atoms with E-state index in [-0.39, 0.29) is 12.1 Å². The number of aryl methyl sites for hydroxylation is 1. The molecule has 1 aromatic carbocycles. The monoisotopic (exact) mass is 421 g/mol. The maximum absolute atomic E-state index is 13.1. The Morgan fingerprint density at radius 3 is 2.65 bits per heavy atom. The molecule has 1 atom stereocenters. The highest BCUT2D eigenvalue weighted by Gasteiger charge is 2.19. The summed E-state index contributed by atoms with van der Waals surface area (Å²) in [5, 5.41) is 13.0. The van der Waals surface area contributed by atoms with Crippen LogP contribution in [0.1, 0.15) is 53.0 Å². The molecule has 2 aromatic heterocycles. The standard InChI is InChI=1S/C24H27N3O4/c1-15(2)17-7-5-8-18(13-17)27-12-11-16(3)22(24(27)30)23(29)25-14-20(28)19-9-6-10-21(26-19)31-4/h5-13,15,20,28H,14H2,1-4H3,(H,25,29). The summed E-state index contributed by atoms with van der Waals surface area (Å²) in [5.74, 6) is 0.141. The Labute approximate surface area is 181 Å². The van der Waals surface area contributed by atoms with Crippen LogP contribution in [-0.4, -0.2) is 34.2 Å². The highest BCUT2D eigenvalue weighted by Crippen LogP contribution is 2.18. The van der Waals surface area contributed by atoms with Crippen molar-refractivity contribution in [2.24, 2.45) is 0 Å². The predicted octanol–water partition coefficient (Wildman–Crippen LogP) is 3.14. The summed E-state index contributed by atoms with van der Waals surface area (Å²) >= 11 is 0. The largest absolute Gasteiger partial charge is 0.481 e. The molecule has 0 bridgehead atoms. The van der Waals surface area contributed by atoms with Crippen molar-refractivity contribution in [3.8, 4) is 11.6 Å². The number of pyridine rings is 2. The van der Waals surface area contributed by atoms with Crippen LogP contribution in [0.4, 0.5) is 0 Å². The molecule has 7 heteroatoms. The number of nitrogens with one attached hydrogen (secondary N) is 1. The summed E-state index contributed by atoms with van der Waals surface area (Å²) in [7, 11) is 1.49. The average molecular weight is 421 g/mol. The quantitative estimate of drug-likeness (QED) is 0.611. The van der Waals surface area contributed by atoms with Crippen molar-refractivity contribution in [3.63, 3.8) is 0 Å². The van der Waals surface area contributed by atoms with E-state index in [2.05, 4.69) is 24.1 Å². The molecule has 0 aliphatic heterocycles. The fourth-order valence-corrected chi connectivity index (χ4v) is 3.25. The van der Waals surface area contributed by atoms with Crippen molar-refractivity contribution in [3.05, 3.63) is 87.5 Å². The third kappa shape index (κ3) is 5.00. The zero-order chi connectivity index (χ0) is 22.5. The number of nitrogens with zero attached hydrogens (tertiary/aromatic N) is 2. The van der Waals surface area contributed by atoms with Gasteiger partial charge < -0.3 is 15.2 Å². The lowest BCUT2D eigenvalue weighted by atomic mass is 10.0. The number of amides is 1. The zero-order valence-corrected chi connectivity index (χ0v) is 18.1. The fraction of sp³-hybridized carbons (Fsp3) is 0.292. The maximum atomic E-state index is 13.1. The molecule has 7 nitrogen and oxygen atoms in total. The van der Waals surface area contributed by atoms with Crippen molar-refractivity contribution in [1.29, 1.82) is 0 Å². The first-order valence-corrected chi connectivity index (χ1v) is 10.1. The number of hydrogen-bond donors (Lipinski definition) is 2. The van der Waals surface area contributed by atoms with Gasteiger partial charge in [0, 0.05) is 24.5 Å². The first-order chi connectivity index (χ1) is 14.8. The van der Waals surface area contributed by atoms with E-state index in [4.69, 9.17) is 4.74 Å². The Kier molecular flexibility index (Phi) is 6.87. The summed E-state index contributed by atoms with van der Waals surface area (Å²) < 4.78 is 6.52. The molecule has 2 N–H and O–H groups in total. The van der Waals surface area contributed by atoms with Gasteiger partial charge in [0.1, 0.15) is 11.7 Å². The van der Waals surface area contributed by atoms with E-state index < -0.39 is 17.6 Å². The first kappa shape index (κ1) is 22.2. The molecule has 3 rings (SSSR count). The number of ether oxygens (including phenoxy) is 1. The average Bonchev–Trinajstić information content (AvgIpc) is 2.77. The van der Waals surface area contributed by atoms with Crippen molar-refractivity contribution in [2.75, 3.05) is 13.7 Å². The van der Waals surface area contributed by atoms with Crippen LogP contribution in [0.2, 0.25) is 0 Å². The zero-order valence-electron chi connectivity index (χ0n) is 18.1. The fourth-order valence-electron chi connectivity index (χ4n) is 3.25. The second kappa shape index (κ2) is 9.57. The SMILES string of the molecule is COc1cccc(C(O)CNC(=O)c2c(C)ccn(-c3cccc(C(C)C)c3)c2=O)n1. The van der Waals surface area contributed by atoms with E-state index in [0.29, 0.717) is 28.7 Å². The van der Waals surface area contributed by atoms with E-state index in [1.54, 1.807) is 37.4 Å². The number of aliphatic hydroxyl groups excluding tert-OH is 1. The second-order valence-corrected chi connectivity index (χ2v) is 7.63. The van der Waals surface area contributed by atoms with Gasteiger partial charge in [-0.1, -0.05) is 32.0 Å². The Bertz CT molecular complexity index is 1140. The molecule has 1 unspecified atom stereocenters. The lowest BCUT2D eigenvalue weighted by molar-refractivity contribution is 0.0911. The predicted molar refractivity (Wildman–Crippen MR) is 119 cm³/mol. The number of rotatable bonds is 7.